The monoisotopic (exact) mass is 362 g/mol. The lowest BCUT2D eigenvalue weighted by molar-refractivity contribution is 0.154. The Kier molecular flexibility index (Phi) is 21.6. The molecule has 0 saturated heterocycles. The van der Waals surface area contributed by atoms with Gasteiger partial charge in [-0.1, -0.05) is 91.4 Å². The lowest BCUT2D eigenvalue weighted by atomic mass is 10.1. The van der Waals surface area contributed by atoms with Crippen molar-refractivity contribution in [2.75, 3.05) is 19.8 Å². The molecule has 0 bridgehead atoms. The van der Waals surface area contributed by atoms with Gasteiger partial charge in [-0.3, -0.25) is 0 Å². The van der Waals surface area contributed by atoms with E-state index >= 15 is 0 Å². The Labute approximate surface area is 153 Å². The summed E-state index contributed by atoms with van der Waals surface area (Å²) in [5, 5.41) is 0. The highest BCUT2D eigenvalue weighted by Gasteiger charge is 2.12. The van der Waals surface area contributed by atoms with Gasteiger partial charge in [0.05, 0.1) is 19.8 Å². The zero-order valence-electron chi connectivity index (χ0n) is 16.7. The molecule has 0 saturated carbocycles. The van der Waals surface area contributed by atoms with Crippen LogP contribution in [0, 0.1) is 0 Å². The predicted octanol–water partition coefficient (Wildman–Crippen LogP) is 7.78. The molecule has 0 spiro atoms. The molecule has 0 aromatic carbocycles. The van der Waals surface area contributed by atoms with Gasteiger partial charge in [0.2, 0.25) is 0 Å². The molecule has 0 aromatic rings. The molecule has 0 radical (unpaired) electrons. The molecule has 0 amide bonds. The zero-order valence-corrected chi connectivity index (χ0v) is 17.6. The quantitative estimate of drug-likeness (QED) is 0.163. The van der Waals surface area contributed by atoms with Crippen molar-refractivity contribution in [2.24, 2.45) is 0 Å². The van der Waals surface area contributed by atoms with E-state index in [1.54, 1.807) is 0 Å². The van der Waals surface area contributed by atoms with Crippen molar-refractivity contribution < 1.29 is 13.6 Å². The molecule has 0 aliphatic rings. The summed E-state index contributed by atoms with van der Waals surface area (Å²) in [6.07, 6.45) is 17.7. The van der Waals surface area contributed by atoms with Gasteiger partial charge in [0, 0.05) is 0 Å². The molecule has 0 N–H and O–H groups in total. The summed E-state index contributed by atoms with van der Waals surface area (Å²) >= 11 is 0. The fraction of sp³-hybridized carbons (Fsp3) is 1.00. The molecule has 4 heteroatoms. The summed E-state index contributed by atoms with van der Waals surface area (Å²) in [7, 11) is -1.13. The van der Waals surface area contributed by atoms with E-state index in [9.17, 15) is 0 Å². The third kappa shape index (κ3) is 18.6. The fourth-order valence-corrected chi connectivity index (χ4v) is 3.50. The Morgan fingerprint density at radius 2 is 0.750 bits per heavy atom. The number of unbranched alkanes of at least 4 members (excludes halogenated alkanes) is 11. The average Bonchev–Trinajstić information content (AvgIpc) is 2.59. The summed E-state index contributed by atoms with van der Waals surface area (Å²) in [4.78, 5) is 0. The normalized spacial score (nSPS) is 11.5. The predicted molar refractivity (Wildman–Crippen MR) is 106 cm³/mol. The van der Waals surface area contributed by atoms with Crippen LogP contribution in [0.15, 0.2) is 0 Å². The van der Waals surface area contributed by atoms with Crippen molar-refractivity contribution in [2.45, 2.75) is 111 Å². The summed E-state index contributed by atoms with van der Waals surface area (Å²) in [6.45, 7) is 9.01. The minimum Gasteiger partial charge on any atom is -0.312 e. The van der Waals surface area contributed by atoms with Crippen LogP contribution in [0.4, 0.5) is 0 Å². The van der Waals surface area contributed by atoms with Crippen LogP contribution in [0.3, 0.4) is 0 Å². The van der Waals surface area contributed by atoms with Gasteiger partial charge in [-0.2, -0.15) is 0 Å². The highest BCUT2D eigenvalue weighted by Crippen LogP contribution is 2.40. The lowest BCUT2D eigenvalue weighted by Crippen LogP contribution is -2.00. The number of hydrogen-bond donors (Lipinski definition) is 0. The second kappa shape index (κ2) is 21.4. The SMILES string of the molecule is CCCCCCCCOP(OCCCC)OCCCCCCCC. The van der Waals surface area contributed by atoms with E-state index in [-0.39, 0.29) is 0 Å². The van der Waals surface area contributed by atoms with E-state index < -0.39 is 8.60 Å². The molecule has 24 heavy (non-hydrogen) atoms. The van der Waals surface area contributed by atoms with Crippen molar-refractivity contribution in [3.63, 3.8) is 0 Å². The summed E-state index contributed by atoms with van der Waals surface area (Å²) in [5.41, 5.74) is 0. The molecule has 0 heterocycles. The van der Waals surface area contributed by atoms with Crippen LogP contribution in [0.5, 0.6) is 0 Å². The van der Waals surface area contributed by atoms with Gasteiger partial charge >= 0.3 is 8.60 Å². The maximum Gasteiger partial charge on any atom is 0.332 e. The van der Waals surface area contributed by atoms with Crippen LogP contribution in [-0.2, 0) is 13.6 Å². The van der Waals surface area contributed by atoms with Crippen molar-refractivity contribution in [3.05, 3.63) is 0 Å². The molecule has 0 unspecified atom stereocenters. The van der Waals surface area contributed by atoms with Crippen LogP contribution in [0.1, 0.15) is 111 Å². The Hall–Kier alpha value is 0.310. The maximum absolute atomic E-state index is 5.86. The van der Waals surface area contributed by atoms with E-state index in [0.717, 1.165) is 45.5 Å². The van der Waals surface area contributed by atoms with E-state index in [1.807, 2.05) is 0 Å². The molecule has 0 aromatic heterocycles. The molecule has 0 rings (SSSR count). The Bertz CT molecular complexity index is 209. The average molecular weight is 363 g/mol. The Morgan fingerprint density at radius 3 is 1.17 bits per heavy atom. The highest BCUT2D eigenvalue weighted by atomic mass is 31.2. The van der Waals surface area contributed by atoms with Gasteiger partial charge in [0.1, 0.15) is 0 Å². The second-order valence-corrected chi connectivity index (χ2v) is 7.83. The van der Waals surface area contributed by atoms with E-state index in [2.05, 4.69) is 20.8 Å². The highest BCUT2D eigenvalue weighted by molar-refractivity contribution is 7.41. The molecule has 0 atom stereocenters. The van der Waals surface area contributed by atoms with Crippen LogP contribution < -0.4 is 0 Å². The molecule has 0 aliphatic heterocycles. The molecular formula is C20H43O3P. The lowest BCUT2D eigenvalue weighted by Gasteiger charge is -2.16. The van der Waals surface area contributed by atoms with Gasteiger partial charge in [-0.15, -0.1) is 0 Å². The van der Waals surface area contributed by atoms with Crippen LogP contribution in [-0.4, -0.2) is 19.8 Å². The van der Waals surface area contributed by atoms with Crippen molar-refractivity contribution in [1.82, 2.24) is 0 Å². The van der Waals surface area contributed by atoms with Crippen molar-refractivity contribution >= 4 is 8.60 Å². The topological polar surface area (TPSA) is 27.7 Å². The molecule has 0 aliphatic carbocycles. The van der Waals surface area contributed by atoms with Crippen molar-refractivity contribution in [3.8, 4) is 0 Å². The van der Waals surface area contributed by atoms with E-state index in [1.165, 1.54) is 64.2 Å². The van der Waals surface area contributed by atoms with Crippen LogP contribution in [0.2, 0.25) is 0 Å². The first-order valence-electron chi connectivity index (χ1n) is 10.5. The van der Waals surface area contributed by atoms with Gasteiger partial charge in [0.25, 0.3) is 0 Å². The number of hydrogen-bond acceptors (Lipinski definition) is 3. The third-order valence-corrected chi connectivity index (χ3v) is 5.26. The van der Waals surface area contributed by atoms with Crippen LogP contribution in [0.25, 0.3) is 0 Å². The fourth-order valence-electron chi connectivity index (χ4n) is 2.44. The number of rotatable bonds is 20. The van der Waals surface area contributed by atoms with Gasteiger partial charge in [0.15, 0.2) is 0 Å². The maximum atomic E-state index is 5.86. The zero-order chi connectivity index (χ0) is 17.7. The van der Waals surface area contributed by atoms with Gasteiger partial charge < -0.3 is 13.6 Å². The largest absolute Gasteiger partial charge is 0.332 e. The summed E-state index contributed by atoms with van der Waals surface area (Å²) < 4.78 is 17.5. The minimum absolute atomic E-state index is 0.759. The standard InChI is InChI=1S/C20H43O3P/c1-4-7-10-12-14-16-19-22-24(21-18-9-6-3)23-20-17-15-13-11-8-5-2/h4-20H2,1-3H3. The Balaban J connectivity index is 3.64. The summed E-state index contributed by atoms with van der Waals surface area (Å²) in [5.74, 6) is 0. The smallest absolute Gasteiger partial charge is 0.312 e. The van der Waals surface area contributed by atoms with Crippen LogP contribution >= 0.6 is 8.60 Å². The molecule has 146 valence electrons. The molecular weight excluding hydrogens is 319 g/mol. The molecule has 0 fully saturated rings. The molecule has 3 nitrogen and oxygen atoms in total. The van der Waals surface area contributed by atoms with E-state index in [0.29, 0.717) is 0 Å². The third-order valence-electron chi connectivity index (χ3n) is 4.08. The van der Waals surface area contributed by atoms with Crippen molar-refractivity contribution in [1.29, 1.82) is 0 Å². The first-order chi connectivity index (χ1) is 11.8. The first-order valence-corrected chi connectivity index (χ1v) is 11.6. The second-order valence-electron chi connectivity index (χ2n) is 6.61. The van der Waals surface area contributed by atoms with E-state index in [4.69, 9.17) is 13.6 Å². The summed E-state index contributed by atoms with van der Waals surface area (Å²) in [6, 6.07) is 0. The first kappa shape index (κ1) is 24.3. The minimum atomic E-state index is -1.13. The Morgan fingerprint density at radius 1 is 0.417 bits per heavy atom. The van der Waals surface area contributed by atoms with Gasteiger partial charge in [-0.05, 0) is 19.3 Å². The van der Waals surface area contributed by atoms with Gasteiger partial charge in [-0.25, -0.2) is 0 Å².